The average Bonchev–Trinajstić information content (AvgIpc) is 3.04. The van der Waals surface area contributed by atoms with Crippen LogP contribution in [0.3, 0.4) is 0 Å². The first-order valence-corrected chi connectivity index (χ1v) is 8.70. The van der Waals surface area contributed by atoms with Crippen LogP contribution in [0.5, 0.6) is 0 Å². The van der Waals surface area contributed by atoms with Crippen molar-refractivity contribution in [2.75, 3.05) is 26.5 Å². The fourth-order valence-corrected chi connectivity index (χ4v) is 4.37. The van der Waals surface area contributed by atoms with Crippen molar-refractivity contribution in [2.24, 2.45) is 0 Å². The monoisotopic (exact) mass is 331 g/mol. The normalized spacial score (nSPS) is 26.7. The number of carbonyl (C=O) groups is 2. The van der Waals surface area contributed by atoms with Crippen molar-refractivity contribution in [3.63, 3.8) is 0 Å². The van der Waals surface area contributed by atoms with Gasteiger partial charge in [0, 0.05) is 31.6 Å². The molecule has 2 heterocycles. The Bertz CT molecular complexity index is 392. The molecule has 0 aromatic carbocycles. The van der Waals surface area contributed by atoms with E-state index in [0.717, 1.165) is 25.0 Å². The number of ether oxygens (including phenoxy) is 2. The van der Waals surface area contributed by atoms with Gasteiger partial charge in [-0.2, -0.15) is 11.8 Å². The van der Waals surface area contributed by atoms with Gasteiger partial charge in [-0.3, -0.25) is 4.79 Å². The topological polar surface area (TPSA) is 88.7 Å². The number of thioether (sulfide) groups is 1. The van der Waals surface area contributed by atoms with Crippen LogP contribution in [-0.2, 0) is 14.3 Å². The molecule has 3 N–H and O–H groups in total. The number of nitrogens with one attached hydrogen (secondary N) is 3. The Hall–Kier alpha value is -0.990. The number of rotatable bonds is 9. The maximum Gasteiger partial charge on any atom is 0.315 e. The Morgan fingerprint density at radius 2 is 2.14 bits per heavy atom. The molecule has 0 bridgehead atoms. The molecular formula is C14H25N3O4S. The van der Waals surface area contributed by atoms with Crippen LogP contribution in [0.25, 0.3) is 0 Å². The van der Waals surface area contributed by atoms with Gasteiger partial charge in [-0.25, -0.2) is 4.79 Å². The Morgan fingerprint density at radius 1 is 1.36 bits per heavy atom. The summed E-state index contributed by atoms with van der Waals surface area (Å²) in [6, 6.07) is 0.465. The van der Waals surface area contributed by atoms with Crippen molar-refractivity contribution in [1.29, 1.82) is 0 Å². The van der Waals surface area contributed by atoms with Crippen LogP contribution < -0.4 is 16.0 Å². The smallest absolute Gasteiger partial charge is 0.315 e. The minimum Gasteiger partial charge on any atom is -0.354 e. The molecule has 2 aliphatic heterocycles. The highest BCUT2D eigenvalue weighted by molar-refractivity contribution is 8.00. The van der Waals surface area contributed by atoms with Crippen LogP contribution in [0, 0.1) is 0 Å². The SMILES string of the molecule is COC(CNC(=O)CCCC[C@@H]1SC[C@@H]2NC(=O)N[C@@H]21)OC. The quantitative estimate of drug-likeness (QED) is 0.324. The molecule has 2 saturated heterocycles. The molecule has 0 unspecified atom stereocenters. The molecule has 2 fully saturated rings. The minimum absolute atomic E-state index is 0.0203. The summed E-state index contributed by atoms with van der Waals surface area (Å²) in [6.07, 6.45) is 2.99. The van der Waals surface area contributed by atoms with Crippen LogP contribution in [-0.4, -0.2) is 62.1 Å². The molecule has 7 nitrogen and oxygen atoms in total. The second-order valence-corrected chi connectivity index (χ2v) is 6.84. The van der Waals surface area contributed by atoms with Gasteiger partial charge in [-0.1, -0.05) is 6.42 Å². The summed E-state index contributed by atoms with van der Waals surface area (Å²) in [7, 11) is 3.09. The standard InChI is InChI=1S/C14H25N3O4S/c1-20-12(21-2)7-15-11(18)6-4-3-5-10-13-9(8-22-10)16-14(19)17-13/h9-10,12-13H,3-8H2,1-2H3,(H,15,18)(H2,16,17,19)/t9-,10-,13-/m0/s1. The van der Waals surface area contributed by atoms with E-state index in [1.54, 1.807) is 14.2 Å². The molecule has 3 amide bonds. The number of carbonyl (C=O) groups excluding carboxylic acids is 2. The number of methoxy groups -OCH3 is 2. The van der Waals surface area contributed by atoms with Crippen LogP contribution >= 0.6 is 11.8 Å². The zero-order valence-electron chi connectivity index (χ0n) is 13.1. The first kappa shape index (κ1) is 17.4. The van der Waals surface area contributed by atoms with Crippen molar-refractivity contribution < 1.29 is 19.1 Å². The fourth-order valence-electron chi connectivity index (χ4n) is 2.82. The average molecular weight is 331 g/mol. The lowest BCUT2D eigenvalue weighted by Gasteiger charge is -2.16. The van der Waals surface area contributed by atoms with E-state index < -0.39 is 6.29 Å². The van der Waals surface area contributed by atoms with E-state index in [1.807, 2.05) is 11.8 Å². The predicted octanol–water partition coefficient (Wildman–Crippen LogP) is 0.447. The molecule has 0 aromatic heterocycles. The van der Waals surface area contributed by atoms with Gasteiger partial charge in [-0.05, 0) is 12.8 Å². The van der Waals surface area contributed by atoms with E-state index >= 15 is 0 Å². The molecular weight excluding hydrogens is 306 g/mol. The molecule has 2 aliphatic rings. The second kappa shape index (κ2) is 8.59. The maximum atomic E-state index is 11.7. The van der Waals surface area contributed by atoms with E-state index in [2.05, 4.69) is 16.0 Å². The van der Waals surface area contributed by atoms with Crippen molar-refractivity contribution in [2.45, 2.75) is 49.3 Å². The van der Waals surface area contributed by atoms with Gasteiger partial charge in [0.2, 0.25) is 5.91 Å². The Labute approximate surface area is 135 Å². The van der Waals surface area contributed by atoms with Gasteiger partial charge in [0.1, 0.15) is 0 Å². The first-order valence-electron chi connectivity index (χ1n) is 7.65. The molecule has 2 rings (SSSR count). The fraction of sp³-hybridized carbons (Fsp3) is 0.857. The Kier molecular flexibility index (Phi) is 6.78. The van der Waals surface area contributed by atoms with Gasteiger partial charge in [-0.15, -0.1) is 0 Å². The number of unbranched alkanes of at least 4 members (excludes halogenated alkanes) is 1. The summed E-state index contributed by atoms with van der Waals surface area (Å²) < 4.78 is 10.0. The van der Waals surface area contributed by atoms with Gasteiger partial charge in [0.05, 0.1) is 18.6 Å². The molecule has 3 atom stereocenters. The maximum absolute atomic E-state index is 11.7. The van der Waals surface area contributed by atoms with E-state index in [0.29, 0.717) is 18.2 Å². The van der Waals surface area contributed by atoms with E-state index in [9.17, 15) is 9.59 Å². The summed E-state index contributed by atoms with van der Waals surface area (Å²) >= 11 is 1.90. The molecule has 0 aromatic rings. The number of amides is 3. The van der Waals surface area contributed by atoms with E-state index in [1.165, 1.54) is 0 Å². The highest BCUT2D eigenvalue weighted by Gasteiger charge is 2.42. The van der Waals surface area contributed by atoms with Gasteiger partial charge in [0.25, 0.3) is 0 Å². The third-order valence-corrected chi connectivity index (χ3v) is 5.58. The lowest BCUT2D eigenvalue weighted by Crippen LogP contribution is -2.36. The summed E-state index contributed by atoms with van der Waals surface area (Å²) in [5.74, 6) is 0.996. The van der Waals surface area contributed by atoms with Gasteiger partial charge >= 0.3 is 6.03 Å². The summed E-state index contributed by atoms with van der Waals surface area (Å²) in [5.41, 5.74) is 0. The highest BCUT2D eigenvalue weighted by Crippen LogP contribution is 2.33. The largest absolute Gasteiger partial charge is 0.354 e. The van der Waals surface area contributed by atoms with E-state index in [4.69, 9.17) is 9.47 Å². The zero-order chi connectivity index (χ0) is 15.9. The first-order chi connectivity index (χ1) is 10.6. The zero-order valence-corrected chi connectivity index (χ0v) is 13.9. The molecule has 22 heavy (non-hydrogen) atoms. The van der Waals surface area contributed by atoms with Crippen molar-refractivity contribution in [3.05, 3.63) is 0 Å². The summed E-state index contributed by atoms with van der Waals surface area (Å²) in [5, 5.41) is 9.17. The minimum atomic E-state index is -0.394. The van der Waals surface area contributed by atoms with Gasteiger partial charge in [0.15, 0.2) is 6.29 Å². The molecule has 0 spiro atoms. The Balaban J connectivity index is 1.55. The highest BCUT2D eigenvalue weighted by atomic mass is 32.2. The van der Waals surface area contributed by atoms with E-state index in [-0.39, 0.29) is 24.0 Å². The van der Waals surface area contributed by atoms with Crippen LogP contribution in [0.1, 0.15) is 25.7 Å². The number of fused-ring (bicyclic) bond motifs is 1. The van der Waals surface area contributed by atoms with Crippen molar-refractivity contribution in [1.82, 2.24) is 16.0 Å². The Morgan fingerprint density at radius 3 is 2.86 bits per heavy atom. The third kappa shape index (κ3) is 4.76. The number of urea groups is 1. The van der Waals surface area contributed by atoms with Crippen LogP contribution in [0.15, 0.2) is 0 Å². The predicted molar refractivity (Wildman–Crippen MR) is 84.8 cm³/mol. The molecule has 126 valence electrons. The summed E-state index contributed by atoms with van der Waals surface area (Å²) in [4.78, 5) is 23.0. The summed E-state index contributed by atoms with van der Waals surface area (Å²) in [6.45, 7) is 0.367. The lowest BCUT2D eigenvalue weighted by molar-refractivity contribution is -0.127. The van der Waals surface area contributed by atoms with Crippen LogP contribution in [0.2, 0.25) is 0 Å². The third-order valence-electron chi connectivity index (χ3n) is 4.07. The van der Waals surface area contributed by atoms with Crippen molar-refractivity contribution in [3.8, 4) is 0 Å². The van der Waals surface area contributed by atoms with Crippen molar-refractivity contribution >= 4 is 23.7 Å². The lowest BCUT2D eigenvalue weighted by atomic mass is 10.0. The second-order valence-electron chi connectivity index (χ2n) is 5.57. The number of hydrogen-bond donors (Lipinski definition) is 3. The van der Waals surface area contributed by atoms with Gasteiger partial charge < -0.3 is 25.4 Å². The number of hydrogen-bond acceptors (Lipinski definition) is 5. The molecule has 0 saturated carbocycles. The molecule has 0 aliphatic carbocycles. The van der Waals surface area contributed by atoms with Crippen LogP contribution in [0.4, 0.5) is 4.79 Å². The molecule has 0 radical (unpaired) electrons. The molecule has 8 heteroatoms.